The van der Waals surface area contributed by atoms with Crippen molar-refractivity contribution in [2.45, 2.75) is 25.2 Å². The Kier molecular flexibility index (Phi) is 13.8. The summed E-state index contributed by atoms with van der Waals surface area (Å²) in [6.45, 7) is 0.417. The number of hydrogen-bond acceptors (Lipinski definition) is 12. The number of nitrogens with zero attached hydrogens (tertiary/aromatic N) is 2. The van der Waals surface area contributed by atoms with E-state index in [-0.39, 0.29) is 29.4 Å². The van der Waals surface area contributed by atoms with E-state index in [0.29, 0.717) is 34.2 Å². The molecule has 2 aromatic carbocycles. The molecule has 3 atom stereocenters. The van der Waals surface area contributed by atoms with Crippen molar-refractivity contribution in [2.75, 3.05) is 37.0 Å². The van der Waals surface area contributed by atoms with Gasteiger partial charge < -0.3 is 41.1 Å². The molecule has 0 aliphatic carbocycles. The van der Waals surface area contributed by atoms with Crippen molar-refractivity contribution >= 4 is 51.4 Å². The highest BCUT2D eigenvalue weighted by atomic mass is 35.5. The molecular weight excluding hydrogens is 646 g/mol. The van der Waals surface area contributed by atoms with Gasteiger partial charge >= 0.3 is 0 Å². The number of amides is 2. The second kappa shape index (κ2) is 17.7. The van der Waals surface area contributed by atoms with Crippen LogP contribution in [-0.4, -0.2) is 81.9 Å². The maximum Gasteiger partial charge on any atom is 0.248 e. The summed E-state index contributed by atoms with van der Waals surface area (Å²) < 4.78 is 33.1. The van der Waals surface area contributed by atoms with Gasteiger partial charge in [0.2, 0.25) is 11.8 Å². The van der Waals surface area contributed by atoms with Crippen LogP contribution in [0.2, 0.25) is 5.02 Å². The number of aromatic nitrogens is 1. The van der Waals surface area contributed by atoms with Crippen molar-refractivity contribution in [1.29, 1.82) is 5.26 Å². The monoisotopic (exact) mass is 676 g/mol. The van der Waals surface area contributed by atoms with E-state index < -0.39 is 55.0 Å². The first kappa shape index (κ1) is 36.6. The summed E-state index contributed by atoms with van der Waals surface area (Å²) in [7, 11) is 0. The molecule has 1 aromatic heterocycles. The Balaban J connectivity index is 1.63. The minimum absolute atomic E-state index is 0.0937. The van der Waals surface area contributed by atoms with Crippen LogP contribution < -0.4 is 26.2 Å². The van der Waals surface area contributed by atoms with Gasteiger partial charge in [0.25, 0.3) is 0 Å². The van der Waals surface area contributed by atoms with Gasteiger partial charge in [-0.25, -0.2) is 8.78 Å². The van der Waals surface area contributed by atoms with Crippen LogP contribution in [0.25, 0.3) is 10.9 Å². The van der Waals surface area contributed by atoms with Crippen LogP contribution in [-0.2, 0) is 14.4 Å². The van der Waals surface area contributed by atoms with Crippen LogP contribution in [0, 0.1) is 17.1 Å². The zero-order valence-corrected chi connectivity index (χ0v) is 25.5. The van der Waals surface area contributed by atoms with Crippen LogP contribution in [0.3, 0.4) is 0 Å². The fraction of sp³-hybridized carbons (Fsp3) is 0.267. The minimum Gasteiger partial charge on any atom is -0.492 e. The van der Waals surface area contributed by atoms with Gasteiger partial charge in [-0.1, -0.05) is 17.7 Å². The fourth-order valence-corrected chi connectivity index (χ4v) is 4.05. The molecule has 17 heteroatoms. The van der Waals surface area contributed by atoms with Crippen molar-refractivity contribution in [1.82, 2.24) is 15.8 Å². The van der Waals surface area contributed by atoms with Gasteiger partial charge in [0.1, 0.15) is 41.8 Å². The minimum atomic E-state index is -2.15. The average Bonchev–Trinajstić information content (AvgIpc) is 3.06. The maximum atomic E-state index is 13.8. The lowest BCUT2D eigenvalue weighted by molar-refractivity contribution is -0.127. The van der Waals surface area contributed by atoms with Gasteiger partial charge in [0, 0.05) is 36.0 Å². The molecule has 2 amide bonds. The topological polar surface area (TPSA) is 218 Å². The number of aliphatic hydroxyl groups is 4. The second-order valence-electron chi connectivity index (χ2n) is 9.53. The summed E-state index contributed by atoms with van der Waals surface area (Å²) in [6, 6.07) is 9.17. The van der Waals surface area contributed by atoms with Crippen molar-refractivity contribution in [3.8, 4) is 11.8 Å². The first-order chi connectivity index (χ1) is 22.5. The number of aliphatic hydroxyl groups excluding tert-OH is 4. The highest BCUT2D eigenvalue weighted by Gasteiger charge is 2.27. The van der Waals surface area contributed by atoms with E-state index in [1.165, 1.54) is 30.5 Å². The van der Waals surface area contributed by atoms with Gasteiger partial charge in [0.15, 0.2) is 6.61 Å². The maximum absolute atomic E-state index is 13.8. The molecule has 0 spiro atoms. The van der Waals surface area contributed by atoms with Gasteiger partial charge in [-0.2, -0.15) is 5.26 Å². The van der Waals surface area contributed by atoms with Crippen LogP contribution in [0.5, 0.6) is 5.75 Å². The summed E-state index contributed by atoms with van der Waals surface area (Å²) in [5, 5.41) is 55.2. The highest BCUT2D eigenvalue weighted by Crippen LogP contribution is 2.36. The predicted octanol–water partition coefficient (Wildman–Crippen LogP) is 2.06. The molecule has 0 saturated carbocycles. The van der Waals surface area contributed by atoms with Crippen molar-refractivity contribution < 1.29 is 48.4 Å². The van der Waals surface area contributed by atoms with E-state index in [9.17, 15) is 39.0 Å². The first-order valence-electron chi connectivity index (χ1n) is 13.8. The molecule has 0 aliphatic rings. The van der Waals surface area contributed by atoms with Crippen molar-refractivity contribution in [3.05, 3.63) is 77.1 Å². The molecule has 250 valence electrons. The van der Waals surface area contributed by atoms with Crippen LogP contribution in [0.15, 0.2) is 60.7 Å². The summed E-state index contributed by atoms with van der Waals surface area (Å²) >= 11 is 5.91. The van der Waals surface area contributed by atoms with E-state index in [1.54, 1.807) is 19.1 Å². The Hall–Kier alpha value is -4.89. The number of halogens is 3. The normalized spacial score (nSPS) is 13.5. The summed E-state index contributed by atoms with van der Waals surface area (Å²) in [5.74, 6) is -2.90. The van der Waals surface area contributed by atoms with E-state index in [1.807, 2.05) is 11.5 Å². The van der Waals surface area contributed by atoms with Crippen LogP contribution in [0.4, 0.5) is 25.8 Å². The molecule has 0 bridgehead atoms. The number of nitrogens with one attached hydrogen (secondary N) is 4. The number of pyridine rings is 1. The van der Waals surface area contributed by atoms with E-state index in [0.717, 1.165) is 6.08 Å². The van der Waals surface area contributed by atoms with E-state index in [4.69, 9.17) is 26.3 Å². The molecule has 0 fully saturated rings. The van der Waals surface area contributed by atoms with Crippen LogP contribution >= 0.6 is 11.6 Å². The van der Waals surface area contributed by atoms with Gasteiger partial charge in [-0.15, -0.1) is 0 Å². The Bertz CT molecular complexity index is 1690. The number of hydrogen-bond donors (Lipinski definition) is 8. The number of benzene rings is 2. The number of hydroxylamine groups is 1. The lowest BCUT2D eigenvalue weighted by atomic mass is 10.1. The molecule has 14 nitrogen and oxygen atoms in total. The Morgan fingerprint density at radius 3 is 2.66 bits per heavy atom. The quantitative estimate of drug-likeness (QED) is 0.0621. The molecule has 3 rings (SSSR count). The molecule has 1 heterocycles. The molecule has 47 heavy (non-hydrogen) atoms. The highest BCUT2D eigenvalue weighted by molar-refractivity contribution is 6.31. The fourth-order valence-electron chi connectivity index (χ4n) is 3.87. The molecular formula is C30H31ClF2N6O8. The average molecular weight is 677 g/mol. The standard InChI is InChI=1S/C30H31ClF2N6O8/c1-2-46-25-10-22-18(28(16(11-34)12-36-22)38-17-5-6-20(32)19(31)8-17)9-23(25)39-26(42)4-3-7-35-27(43)15-47-37-13-21(33)29(44)30(45)24(41)14-40/h3-6,8-10,12-13,24,29-30,37,40-41,44-45H,2,7,14-15H2,1H3,(H,35,43)(H,36,38)(H,39,42). The third kappa shape index (κ3) is 10.3. The number of ether oxygens (including phenoxy) is 1. The number of anilines is 3. The second-order valence-corrected chi connectivity index (χ2v) is 9.94. The van der Waals surface area contributed by atoms with Crippen LogP contribution in [0.1, 0.15) is 12.5 Å². The number of fused-ring (bicyclic) bond motifs is 1. The Labute approximate surface area is 271 Å². The molecule has 3 unspecified atom stereocenters. The number of nitriles is 1. The number of carbonyl (C=O) groups excluding carboxylic acids is 2. The van der Waals surface area contributed by atoms with Crippen molar-refractivity contribution in [3.63, 3.8) is 0 Å². The third-order valence-electron chi connectivity index (χ3n) is 6.19. The SMILES string of the molecule is CCOc1cc2ncc(C#N)c(Nc3ccc(F)c(Cl)c3)c2cc1NC(=O)C=CCNC(=O)CONC=C(F)C(O)C(O)C(O)CO. The molecule has 8 N–H and O–H groups in total. The largest absolute Gasteiger partial charge is 0.492 e. The summed E-state index contributed by atoms with van der Waals surface area (Å²) in [5.41, 5.74) is 3.54. The van der Waals surface area contributed by atoms with E-state index in [2.05, 4.69) is 20.9 Å². The van der Waals surface area contributed by atoms with Crippen molar-refractivity contribution in [2.24, 2.45) is 0 Å². The summed E-state index contributed by atoms with van der Waals surface area (Å²) in [6.07, 6.45) is -1.56. The summed E-state index contributed by atoms with van der Waals surface area (Å²) in [4.78, 5) is 33.7. The lowest BCUT2D eigenvalue weighted by Crippen LogP contribution is -2.40. The lowest BCUT2D eigenvalue weighted by Gasteiger charge is -2.20. The smallest absolute Gasteiger partial charge is 0.248 e. The molecule has 3 aromatic rings. The van der Waals surface area contributed by atoms with Gasteiger partial charge in [-0.3, -0.25) is 24.9 Å². The zero-order chi connectivity index (χ0) is 34.5. The zero-order valence-electron chi connectivity index (χ0n) is 24.7. The first-order valence-corrected chi connectivity index (χ1v) is 14.2. The number of carbonyl (C=O) groups is 2. The van der Waals surface area contributed by atoms with E-state index >= 15 is 0 Å². The molecule has 0 radical (unpaired) electrons. The molecule has 0 aliphatic heterocycles. The predicted molar refractivity (Wildman–Crippen MR) is 166 cm³/mol. The third-order valence-corrected chi connectivity index (χ3v) is 6.48. The Morgan fingerprint density at radius 2 is 1.98 bits per heavy atom. The Morgan fingerprint density at radius 1 is 1.21 bits per heavy atom. The number of rotatable bonds is 16. The molecule has 0 saturated heterocycles. The van der Waals surface area contributed by atoms with Gasteiger partial charge in [-0.05, 0) is 31.2 Å². The van der Waals surface area contributed by atoms with Gasteiger partial charge in [0.05, 0.1) is 46.9 Å².